The fourth-order valence-corrected chi connectivity index (χ4v) is 1.17. The second-order valence-corrected chi connectivity index (χ2v) is 3.28. The molecule has 1 heterocycles. The molecule has 0 aliphatic heterocycles. The molecule has 0 aromatic carbocycles. The molecule has 0 bridgehead atoms. The summed E-state index contributed by atoms with van der Waals surface area (Å²) in [6, 6.07) is 0.466. The van der Waals surface area contributed by atoms with Crippen molar-refractivity contribution in [2.45, 2.75) is 32.9 Å². The first-order valence-corrected chi connectivity index (χ1v) is 4.57. The van der Waals surface area contributed by atoms with Crippen molar-refractivity contribution in [1.82, 2.24) is 15.3 Å². The Kier molecular flexibility index (Phi) is 3.71. The fraction of sp³-hybridized carbons (Fsp3) is 0.500. The normalized spacial score (nSPS) is 12.8. The van der Waals surface area contributed by atoms with E-state index in [1.807, 2.05) is 13.0 Å². The molecule has 1 unspecified atom stereocenters. The highest BCUT2D eigenvalue weighted by Crippen LogP contribution is 2.00. The largest absolute Gasteiger partial charge is 0.348 e. The minimum absolute atomic E-state index is 0.466. The molecule has 0 aliphatic carbocycles. The Morgan fingerprint density at radius 1 is 1.77 bits per heavy atom. The maximum atomic E-state index is 4.20. The molecule has 0 spiro atoms. The highest BCUT2D eigenvalue weighted by atomic mass is 15.0. The van der Waals surface area contributed by atoms with E-state index in [1.54, 1.807) is 6.33 Å². The lowest BCUT2D eigenvalue weighted by Crippen LogP contribution is -2.25. The van der Waals surface area contributed by atoms with Crippen LogP contribution in [0.25, 0.3) is 0 Å². The lowest BCUT2D eigenvalue weighted by Gasteiger charge is -2.10. The van der Waals surface area contributed by atoms with Crippen molar-refractivity contribution < 1.29 is 0 Å². The van der Waals surface area contributed by atoms with Crippen LogP contribution in [0.1, 0.15) is 24.7 Å². The van der Waals surface area contributed by atoms with Crippen molar-refractivity contribution in [3.63, 3.8) is 0 Å². The van der Waals surface area contributed by atoms with Crippen LogP contribution in [-0.4, -0.2) is 16.0 Å². The molecule has 0 aliphatic rings. The van der Waals surface area contributed by atoms with Crippen molar-refractivity contribution in [3.05, 3.63) is 30.4 Å². The molecule has 13 heavy (non-hydrogen) atoms. The Balaban J connectivity index is 2.34. The van der Waals surface area contributed by atoms with Crippen LogP contribution >= 0.6 is 0 Å². The highest BCUT2D eigenvalue weighted by Gasteiger charge is 2.02. The molecule has 1 rings (SSSR count). The maximum Gasteiger partial charge on any atom is 0.0925 e. The lowest BCUT2D eigenvalue weighted by atomic mass is 10.2. The van der Waals surface area contributed by atoms with Crippen LogP contribution in [0.5, 0.6) is 0 Å². The van der Waals surface area contributed by atoms with Crippen LogP contribution in [0.4, 0.5) is 0 Å². The van der Waals surface area contributed by atoms with Crippen LogP contribution in [0.2, 0.25) is 0 Å². The van der Waals surface area contributed by atoms with Gasteiger partial charge in [-0.1, -0.05) is 6.08 Å². The zero-order valence-electron chi connectivity index (χ0n) is 8.30. The van der Waals surface area contributed by atoms with Gasteiger partial charge in [0.15, 0.2) is 0 Å². The first kappa shape index (κ1) is 9.99. The topological polar surface area (TPSA) is 40.7 Å². The zero-order chi connectivity index (χ0) is 9.68. The number of hydrogen-bond donors (Lipinski definition) is 2. The molecule has 3 nitrogen and oxygen atoms in total. The van der Waals surface area contributed by atoms with E-state index in [2.05, 4.69) is 28.8 Å². The summed E-state index contributed by atoms with van der Waals surface area (Å²) in [6.07, 6.45) is 4.64. The smallest absolute Gasteiger partial charge is 0.0925 e. The molecule has 0 radical (unpaired) electrons. The Morgan fingerprint density at radius 3 is 3.08 bits per heavy atom. The Bertz CT molecular complexity index is 265. The molecule has 0 amide bonds. The molecule has 1 aromatic heterocycles. The number of hydrogen-bond acceptors (Lipinski definition) is 2. The van der Waals surface area contributed by atoms with E-state index in [9.17, 15) is 0 Å². The molecule has 2 N–H and O–H groups in total. The molecule has 0 fully saturated rings. The van der Waals surface area contributed by atoms with Gasteiger partial charge in [-0.25, -0.2) is 4.98 Å². The van der Waals surface area contributed by atoms with Gasteiger partial charge in [-0.15, -0.1) is 6.58 Å². The van der Waals surface area contributed by atoms with Gasteiger partial charge in [0.1, 0.15) is 0 Å². The molecule has 1 atom stereocenters. The Morgan fingerprint density at radius 2 is 2.54 bits per heavy atom. The number of nitrogens with one attached hydrogen (secondary N) is 2. The minimum Gasteiger partial charge on any atom is -0.348 e. The van der Waals surface area contributed by atoms with Crippen molar-refractivity contribution in [2.75, 3.05) is 0 Å². The summed E-state index contributed by atoms with van der Waals surface area (Å²) in [7, 11) is 0. The molecular weight excluding hydrogens is 162 g/mol. The first-order valence-electron chi connectivity index (χ1n) is 4.57. The molecular formula is C10H17N3. The van der Waals surface area contributed by atoms with Crippen molar-refractivity contribution >= 4 is 0 Å². The average Bonchev–Trinajstić information content (AvgIpc) is 2.48. The third-order valence-electron chi connectivity index (χ3n) is 2.07. The summed E-state index contributed by atoms with van der Waals surface area (Å²) in [5.41, 5.74) is 2.23. The molecule has 0 saturated carbocycles. The van der Waals surface area contributed by atoms with Crippen LogP contribution in [0, 0.1) is 6.92 Å². The molecule has 0 saturated heterocycles. The standard InChI is InChI=1S/C10H17N3/c1-4-5-8(2)11-6-10-9(3)12-7-13-10/h4,7-8,11H,1,5-6H2,2-3H3,(H,12,13). The van der Waals surface area contributed by atoms with Gasteiger partial charge in [0.25, 0.3) is 0 Å². The summed E-state index contributed by atoms with van der Waals surface area (Å²) >= 11 is 0. The summed E-state index contributed by atoms with van der Waals surface area (Å²) in [5.74, 6) is 0. The second kappa shape index (κ2) is 4.82. The number of nitrogens with zero attached hydrogens (tertiary/aromatic N) is 1. The van der Waals surface area contributed by atoms with E-state index in [0.717, 1.165) is 24.4 Å². The molecule has 72 valence electrons. The lowest BCUT2D eigenvalue weighted by molar-refractivity contribution is 0.548. The van der Waals surface area contributed by atoms with E-state index in [-0.39, 0.29) is 0 Å². The highest BCUT2D eigenvalue weighted by molar-refractivity contribution is 5.08. The number of aromatic nitrogens is 2. The van der Waals surface area contributed by atoms with E-state index < -0.39 is 0 Å². The fourth-order valence-electron chi connectivity index (χ4n) is 1.17. The Labute approximate surface area is 79.3 Å². The maximum absolute atomic E-state index is 4.20. The monoisotopic (exact) mass is 179 g/mol. The van der Waals surface area contributed by atoms with Crippen LogP contribution in [0.3, 0.4) is 0 Å². The minimum atomic E-state index is 0.466. The van der Waals surface area contributed by atoms with Crippen LogP contribution < -0.4 is 5.32 Å². The number of imidazole rings is 1. The van der Waals surface area contributed by atoms with E-state index in [0.29, 0.717) is 6.04 Å². The summed E-state index contributed by atoms with van der Waals surface area (Å²) in [6.45, 7) is 8.70. The van der Waals surface area contributed by atoms with E-state index >= 15 is 0 Å². The summed E-state index contributed by atoms with van der Waals surface area (Å²) < 4.78 is 0. The van der Waals surface area contributed by atoms with Crippen molar-refractivity contribution in [3.8, 4) is 0 Å². The zero-order valence-corrected chi connectivity index (χ0v) is 8.30. The van der Waals surface area contributed by atoms with Gasteiger partial charge >= 0.3 is 0 Å². The van der Waals surface area contributed by atoms with Crippen LogP contribution in [-0.2, 0) is 6.54 Å². The van der Waals surface area contributed by atoms with Gasteiger partial charge in [0.05, 0.1) is 12.0 Å². The average molecular weight is 179 g/mol. The molecule has 3 heteroatoms. The summed E-state index contributed by atoms with van der Waals surface area (Å²) in [5, 5.41) is 3.37. The van der Waals surface area contributed by atoms with Gasteiger partial charge in [0, 0.05) is 18.3 Å². The quantitative estimate of drug-likeness (QED) is 0.676. The first-order chi connectivity index (χ1) is 6.24. The van der Waals surface area contributed by atoms with E-state index in [4.69, 9.17) is 0 Å². The van der Waals surface area contributed by atoms with Gasteiger partial charge < -0.3 is 10.3 Å². The summed E-state index contributed by atoms with van der Waals surface area (Å²) in [4.78, 5) is 7.26. The third kappa shape index (κ3) is 3.03. The number of aromatic amines is 1. The predicted molar refractivity (Wildman–Crippen MR) is 54.4 cm³/mol. The van der Waals surface area contributed by atoms with Crippen LogP contribution in [0.15, 0.2) is 19.0 Å². The molecule has 1 aromatic rings. The second-order valence-electron chi connectivity index (χ2n) is 3.28. The number of H-pyrrole nitrogens is 1. The van der Waals surface area contributed by atoms with Gasteiger partial charge in [0.2, 0.25) is 0 Å². The van der Waals surface area contributed by atoms with Gasteiger partial charge in [-0.2, -0.15) is 0 Å². The predicted octanol–water partition coefficient (Wildman–Crippen LogP) is 1.77. The van der Waals surface area contributed by atoms with Crippen molar-refractivity contribution in [1.29, 1.82) is 0 Å². The van der Waals surface area contributed by atoms with E-state index in [1.165, 1.54) is 0 Å². The number of aryl methyl sites for hydroxylation is 1. The van der Waals surface area contributed by atoms with Gasteiger partial charge in [-0.3, -0.25) is 0 Å². The van der Waals surface area contributed by atoms with Gasteiger partial charge in [-0.05, 0) is 20.3 Å². The number of rotatable bonds is 5. The Hall–Kier alpha value is -1.09. The SMILES string of the molecule is C=CCC(C)NCc1nc[nH]c1C. The third-order valence-corrected chi connectivity index (χ3v) is 2.07. The van der Waals surface area contributed by atoms with Crippen molar-refractivity contribution in [2.24, 2.45) is 0 Å².